The fraction of sp³-hybridized carbons (Fsp3) is 0.200. The molecule has 104 valence electrons. The number of aromatic nitrogens is 1. The molecule has 1 N–H and O–H groups in total. The number of amides is 1. The first-order valence-corrected chi connectivity index (χ1v) is 6.98. The van der Waals surface area contributed by atoms with Gasteiger partial charge in [-0.15, -0.1) is 0 Å². The van der Waals surface area contributed by atoms with Crippen molar-refractivity contribution >= 4 is 29.1 Å². The molecule has 1 heterocycles. The molecule has 0 saturated heterocycles. The van der Waals surface area contributed by atoms with Crippen molar-refractivity contribution < 1.29 is 4.79 Å². The van der Waals surface area contributed by atoms with Gasteiger partial charge in [0.05, 0.1) is 0 Å². The molecule has 3 nitrogen and oxygen atoms in total. The van der Waals surface area contributed by atoms with Gasteiger partial charge < -0.3 is 5.32 Å². The summed E-state index contributed by atoms with van der Waals surface area (Å²) >= 11 is 11.6. The van der Waals surface area contributed by atoms with E-state index in [2.05, 4.69) is 10.3 Å². The maximum Gasteiger partial charge on any atom is 0.270 e. The third kappa shape index (κ3) is 4.22. The highest BCUT2D eigenvalue weighted by atomic mass is 35.5. The summed E-state index contributed by atoms with van der Waals surface area (Å²) < 4.78 is 0. The standard InChI is InChI=1S/C15H14Cl2N2O/c1-10(9-11-5-7-12(16)8-6-11)18-15(20)13-3-2-4-14(17)19-13/h2-8,10H,9H2,1H3,(H,18,20). The molecule has 0 bridgehead atoms. The van der Waals surface area contributed by atoms with Gasteiger partial charge in [-0.3, -0.25) is 4.79 Å². The highest BCUT2D eigenvalue weighted by Crippen LogP contribution is 2.11. The number of nitrogens with one attached hydrogen (secondary N) is 1. The van der Waals surface area contributed by atoms with Crippen molar-refractivity contribution in [2.24, 2.45) is 0 Å². The van der Waals surface area contributed by atoms with E-state index in [1.54, 1.807) is 18.2 Å². The first kappa shape index (κ1) is 14.8. The third-order valence-corrected chi connectivity index (χ3v) is 3.24. The van der Waals surface area contributed by atoms with E-state index < -0.39 is 0 Å². The van der Waals surface area contributed by atoms with Crippen LogP contribution >= 0.6 is 23.2 Å². The Labute approximate surface area is 127 Å². The molecule has 1 unspecified atom stereocenters. The molecule has 2 rings (SSSR count). The minimum Gasteiger partial charge on any atom is -0.348 e. The molecule has 0 saturated carbocycles. The normalized spacial score (nSPS) is 11.9. The lowest BCUT2D eigenvalue weighted by Gasteiger charge is -2.13. The molecule has 0 fully saturated rings. The number of halogens is 2. The summed E-state index contributed by atoms with van der Waals surface area (Å²) in [5.74, 6) is -0.228. The van der Waals surface area contributed by atoms with Crippen molar-refractivity contribution in [1.82, 2.24) is 10.3 Å². The maximum absolute atomic E-state index is 12.0. The average Bonchev–Trinajstić information content (AvgIpc) is 2.41. The van der Waals surface area contributed by atoms with E-state index in [0.29, 0.717) is 15.9 Å². The van der Waals surface area contributed by atoms with Crippen molar-refractivity contribution in [3.05, 3.63) is 63.9 Å². The number of nitrogens with zero attached hydrogens (tertiary/aromatic N) is 1. The van der Waals surface area contributed by atoms with Crippen LogP contribution in [0.4, 0.5) is 0 Å². The van der Waals surface area contributed by atoms with E-state index in [1.165, 1.54) is 0 Å². The Morgan fingerprint density at radius 3 is 2.55 bits per heavy atom. The highest BCUT2D eigenvalue weighted by Gasteiger charge is 2.11. The number of pyridine rings is 1. The van der Waals surface area contributed by atoms with E-state index in [9.17, 15) is 4.79 Å². The molecular formula is C15H14Cl2N2O. The Morgan fingerprint density at radius 1 is 1.20 bits per heavy atom. The molecule has 2 aromatic rings. The minimum atomic E-state index is -0.228. The van der Waals surface area contributed by atoms with E-state index in [1.807, 2.05) is 31.2 Å². The Bertz CT molecular complexity index is 599. The Kier molecular flexibility index (Phi) is 4.99. The molecule has 0 aliphatic rings. The van der Waals surface area contributed by atoms with Crippen LogP contribution in [0.25, 0.3) is 0 Å². The Hall–Kier alpha value is -1.58. The fourth-order valence-corrected chi connectivity index (χ4v) is 2.15. The van der Waals surface area contributed by atoms with E-state index in [-0.39, 0.29) is 11.9 Å². The van der Waals surface area contributed by atoms with E-state index >= 15 is 0 Å². The lowest BCUT2D eigenvalue weighted by molar-refractivity contribution is 0.0935. The van der Waals surface area contributed by atoms with Gasteiger partial charge >= 0.3 is 0 Å². The summed E-state index contributed by atoms with van der Waals surface area (Å²) in [6.07, 6.45) is 0.726. The van der Waals surface area contributed by atoms with Gasteiger partial charge in [-0.25, -0.2) is 4.98 Å². The fourth-order valence-electron chi connectivity index (χ4n) is 1.86. The van der Waals surface area contributed by atoms with Crippen LogP contribution in [0.2, 0.25) is 10.2 Å². The van der Waals surface area contributed by atoms with Crippen LogP contribution < -0.4 is 5.32 Å². The number of benzene rings is 1. The van der Waals surface area contributed by atoms with Crippen molar-refractivity contribution in [1.29, 1.82) is 0 Å². The van der Waals surface area contributed by atoms with Crippen molar-refractivity contribution in [2.45, 2.75) is 19.4 Å². The van der Waals surface area contributed by atoms with Crippen molar-refractivity contribution in [3.63, 3.8) is 0 Å². The van der Waals surface area contributed by atoms with Crippen molar-refractivity contribution in [3.8, 4) is 0 Å². The molecular weight excluding hydrogens is 295 g/mol. The summed E-state index contributed by atoms with van der Waals surface area (Å²) in [4.78, 5) is 16.0. The number of rotatable bonds is 4. The summed E-state index contributed by atoms with van der Waals surface area (Å²) in [5.41, 5.74) is 1.43. The third-order valence-electron chi connectivity index (χ3n) is 2.78. The molecule has 0 aliphatic carbocycles. The Morgan fingerprint density at radius 2 is 1.90 bits per heavy atom. The molecule has 1 amide bonds. The smallest absolute Gasteiger partial charge is 0.270 e. The Balaban J connectivity index is 1.95. The molecule has 1 aromatic heterocycles. The van der Waals surface area contributed by atoms with Gasteiger partial charge in [-0.05, 0) is 43.2 Å². The number of carbonyl (C=O) groups is 1. The predicted octanol–water partition coefficient (Wildman–Crippen LogP) is 3.75. The van der Waals surface area contributed by atoms with Crippen molar-refractivity contribution in [2.75, 3.05) is 0 Å². The summed E-state index contributed by atoms with van der Waals surface area (Å²) in [7, 11) is 0. The number of hydrogen-bond donors (Lipinski definition) is 1. The van der Waals surface area contributed by atoms with Crippen LogP contribution in [0.15, 0.2) is 42.5 Å². The molecule has 1 atom stereocenters. The SMILES string of the molecule is CC(Cc1ccc(Cl)cc1)NC(=O)c1cccc(Cl)n1. The molecule has 1 aromatic carbocycles. The maximum atomic E-state index is 12.0. The monoisotopic (exact) mass is 308 g/mol. The summed E-state index contributed by atoms with van der Waals surface area (Å²) in [6.45, 7) is 1.94. The zero-order valence-corrected chi connectivity index (χ0v) is 12.4. The van der Waals surface area contributed by atoms with Gasteiger partial charge in [-0.1, -0.05) is 41.4 Å². The van der Waals surface area contributed by atoms with Gasteiger partial charge in [0.15, 0.2) is 0 Å². The van der Waals surface area contributed by atoms with Gasteiger partial charge in [-0.2, -0.15) is 0 Å². The first-order chi connectivity index (χ1) is 9.54. The van der Waals surface area contributed by atoms with Crippen LogP contribution in [0.5, 0.6) is 0 Å². The van der Waals surface area contributed by atoms with E-state index in [4.69, 9.17) is 23.2 Å². The predicted molar refractivity (Wildman–Crippen MR) is 81.3 cm³/mol. The van der Waals surface area contributed by atoms with Crippen LogP contribution in [-0.4, -0.2) is 16.9 Å². The number of carbonyl (C=O) groups excluding carboxylic acids is 1. The molecule has 0 spiro atoms. The summed E-state index contributed by atoms with van der Waals surface area (Å²) in [5, 5.41) is 3.90. The van der Waals surface area contributed by atoms with Gasteiger partial charge in [0.2, 0.25) is 0 Å². The lowest BCUT2D eigenvalue weighted by atomic mass is 10.1. The number of hydrogen-bond acceptors (Lipinski definition) is 2. The quantitative estimate of drug-likeness (QED) is 0.874. The molecule has 20 heavy (non-hydrogen) atoms. The first-order valence-electron chi connectivity index (χ1n) is 6.22. The zero-order chi connectivity index (χ0) is 14.5. The highest BCUT2D eigenvalue weighted by molar-refractivity contribution is 6.30. The average molecular weight is 309 g/mol. The second-order valence-corrected chi connectivity index (χ2v) is 5.37. The molecule has 5 heteroatoms. The molecule has 0 radical (unpaired) electrons. The molecule has 0 aliphatic heterocycles. The van der Waals surface area contributed by atoms with Gasteiger partial charge in [0.25, 0.3) is 5.91 Å². The minimum absolute atomic E-state index is 0.00976. The van der Waals surface area contributed by atoms with Gasteiger partial charge in [0, 0.05) is 11.1 Å². The summed E-state index contributed by atoms with van der Waals surface area (Å²) in [6, 6.07) is 12.5. The van der Waals surface area contributed by atoms with Crippen LogP contribution in [0.3, 0.4) is 0 Å². The second-order valence-electron chi connectivity index (χ2n) is 4.55. The van der Waals surface area contributed by atoms with Crippen LogP contribution in [-0.2, 0) is 6.42 Å². The van der Waals surface area contributed by atoms with E-state index in [0.717, 1.165) is 12.0 Å². The largest absolute Gasteiger partial charge is 0.348 e. The second kappa shape index (κ2) is 6.73. The zero-order valence-electron chi connectivity index (χ0n) is 10.9. The topological polar surface area (TPSA) is 42.0 Å². The van der Waals surface area contributed by atoms with Crippen LogP contribution in [0.1, 0.15) is 23.0 Å². The lowest BCUT2D eigenvalue weighted by Crippen LogP contribution is -2.34. The van der Waals surface area contributed by atoms with Gasteiger partial charge in [0.1, 0.15) is 10.8 Å². The van der Waals surface area contributed by atoms with Crippen LogP contribution in [0, 0.1) is 0 Å².